The SMILES string of the molecule is Cc1ccc(F)c(C(O)c2ccc3c(c2)CC(=O)N3C)c1. The maximum atomic E-state index is 13.9. The first-order valence-corrected chi connectivity index (χ1v) is 6.81. The number of hydrogen-bond acceptors (Lipinski definition) is 2. The van der Waals surface area contributed by atoms with Crippen LogP contribution in [0, 0.1) is 12.7 Å². The van der Waals surface area contributed by atoms with Crippen LogP contribution in [0.3, 0.4) is 0 Å². The van der Waals surface area contributed by atoms with E-state index >= 15 is 0 Å². The largest absolute Gasteiger partial charge is 0.384 e. The monoisotopic (exact) mass is 285 g/mol. The molecule has 3 nitrogen and oxygen atoms in total. The summed E-state index contributed by atoms with van der Waals surface area (Å²) in [6.07, 6.45) is -0.709. The van der Waals surface area contributed by atoms with Crippen LogP contribution in [-0.4, -0.2) is 18.1 Å². The van der Waals surface area contributed by atoms with Gasteiger partial charge in [-0.15, -0.1) is 0 Å². The summed E-state index contributed by atoms with van der Waals surface area (Å²) in [6, 6.07) is 9.99. The van der Waals surface area contributed by atoms with E-state index in [1.807, 2.05) is 6.92 Å². The van der Waals surface area contributed by atoms with Crippen molar-refractivity contribution in [1.82, 2.24) is 0 Å². The minimum atomic E-state index is -1.03. The number of rotatable bonds is 2. The highest BCUT2D eigenvalue weighted by molar-refractivity contribution is 6.00. The molecule has 3 rings (SSSR count). The molecule has 108 valence electrons. The second-order valence-corrected chi connectivity index (χ2v) is 5.45. The van der Waals surface area contributed by atoms with Gasteiger partial charge in [-0.1, -0.05) is 29.8 Å². The van der Waals surface area contributed by atoms with Crippen molar-refractivity contribution in [2.45, 2.75) is 19.4 Å². The van der Waals surface area contributed by atoms with Crippen LogP contribution in [0.1, 0.15) is 28.4 Å². The number of anilines is 1. The molecule has 2 aromatic carbocycles. The zero-order valence-electron chi connectivity index (χ0n) is 11.9. The topological polar surface area (TPSA) is 40.5 Å². The lowest BCUT2D eigenvalue weighted by Gasteiger charge is -2.15. The van der Waals surface area contributed by atoms with Gasteiger partial charge in [0.25, 0.3) is 0 Å². The van der Waals surface area contributed by atoms with Crippen molar-refractivity contribution < 1.29 is 14.3 Å². The quantitative estimate of drug-likeness (QED) is 0.921. The van der Waals surface area contributed by atoms with Crippen LogP contribution in [0.4, 0.5) is 10.1 Å². The van der Waals surface area contributed by atoms with Gasteiger partial charge in [0.05, 0.1) is 6.42 Å². The van der Waals surface area contributed by atoms with E-state index in [-0.39, 0.29) is 11.5 Å². The van der Waals surface area contributed by atoms with E-state index in [4.69, 9.17) is 0 Å². The third-order valence-corrected chi connectivity index (χ3v) is 3.94. The van der Waals surface area contributed by atoms with Crippen LogP contribution in [0.15, 0.2) is 36.4 Å². The second-order valence-electron chi connectivity index (χ2n) is 5.45. The highest BCUT2D eigenvalue weighted by atomic mass is 19.1. The number of aliphatic hydroxyl groups is 1. The zero-order valence-corrected chi connectivity index (χ0v) is 11.9. The van der Waals surface area contributed by atoms with Gasteiger partial charge < -0.3 is 10.0 Å². The molecule has 21 heavy (non-hydrogen) atoms. The summed E-state index contributed by atoms with van der Waals surface area (Å²) < 4.78 is 13.9. The molecule has 1 heterocycles. The fourth-order valence-corrected chi connectivity index (χ4v) is 2.71. The molecule has 0 saturated heterocycles. The van der Waals surface area contributed by atoms with Gasteiger partial charge in [0, 0.05) is 18.3 Å². The molecular formula is C17H16FNO2. The number of amides is 1. The number of halogens is 1. The highest BCUT2D eigenvalue weighted by Crippen LogP contribution is 2.32. The molecule has 0 aromatic heterocycles. The van der Waals surface area contributed by atoms with E-state index in [2.05, 4.69) is 0 Å². The molecule has 1 amide bonds. The van der Waals surface area contributed by atoms with Gasteiger partial charge in [-0.3, -0.25) is 4.79 Å². The standard InChI is InChI=1S/C17H16FNO2/c1-10-3-5-14(18)13(7-10)17(21)11-4-6-15-12(8-11)9-16(20)19(15)2/h3-8,17,21H,9H2,1-2H3. The third kappa shape index (κ3) is 2.32. The Kier molecular flexibility index (Phi) is 3.26. The van der Waals surface area contributed by atoms with Gasteiger partial charge in [0.1, 0.15) is 11.9 Å². The predicted molar refractivity (Wildman–Crippen MR) is 78.8 cm³/mol. The Hall–Kier alpha value is -2.20. The van der Waals surface area contributed by atoms with E-state index in [9.17, 15) is 14.3 Å². The Labute approximate surface area is 122 Å². The molecule has 1 unspecified atom stereocenters. The molecular weight excluding hydrogens is 269 g/mol. The number of benzene rings is 2. The molecule has 1 aliphatic rings. The smallest absolute Gasteiger partial charge is 0.231 e. The lowest BCUT2D eigenvalue weighted by molar-refractivity contribution is -0.117. The van der Waals surface area contributed by atoms with Crippen LogP contribution < -0.4 is 4.90 Å². The second kappa shape index (κ2) is 4.97. The highest BCUT2D eigenvalue weighted by Gasteiger charge is 2.25. The van der Waals surface area contributed by atoms with Gasteiger partial charge in [-0.2, -0.15) is 0 Å². The fraction of sp³-hybridized carbons (Fsp3) is 0.235. The number of carbonyl (C=O) groups is 1. The Bertz CT molecular complexity index is 727. The summed E-state index contributed by atoms with van der Waals surface area (Å²) >= 11 is 0. The van der Waals surface area contributed by atoms with Crippen molar-refractivity contribution >= 4 is 11.6 Å². The van der Waals surface area contributed by atoms with Crippen LogP contribution in [-0.2, 0) is 11.2 Å². The summed E-state index contributed by atoms with van der Waals surface area (Å²) in [4.78, 5) is 13.3. The van der Waals surface area contributed by atoms with Gasteiger partial charge >= 0.3 is 0 Å². The molecule has 0 radical (unpaired) electrons. The lowest BCUT2D eigenvalue weighted by atomic mass is 9.97. The van der Waals surface area contributed by atoms with Crippen molar-refractivity contribution in [3.8, 4) is 0 Å². The molecule has 0 spiro atoms. The maximum absolute atomic E-state index is 13.9. The Morgan fingerprint density at radius 3 is 2.76 bits per heavy atom. The first-order chi connectivity index (χ1) is 9.97. The molecule has 1 N–H and O–H groups in total. The lowest BCUT2D eigenvalue weighted by Crippen LogP contribution is -2.20. The molecule has 2 aromatic rings. The zero-order chi connectivity index (χ0) is 15.1. The van der Waals surface area contributed by atoms with Gasteiger partial charge in [-0.25, -0.2) is 4.39 Å². The molecule has 0 aliphatic carbocycles. The summed E-state index contributed by atoms with van der Waals surface area (Å²) in [7, 11) is 1.73. The van der Waals surface area contributed by atoms with Crippen molar-refractivity contribution in [2.75, 3.05) is 11.9 Å². The Balaban J connectivity index is 2.00. The first kappa shape index (κ1) is 13.8. The first-order valence-electron chi connectivity index (χ1n) is 6.81. The number of aryl methyl sites for hydroxylation is 1. The van der Waals surface area contributed by atoms with Crippen LogP contribution in [0.2, 0.25) is 0 Å². The normalized spacial score (nSPS) is 15.2. The van der Waals surface area contributed by atoms with E-state index in [1.165, 1.54) is 6.07 Å². The summed E-state index contributed by atoms with van der Waals surface area (Å²) in [5.41, 5.74) is 3.46. The molecule has 0 fully saturated rings. The minimum Gasteiger partial charge on any atom is -0.384 e. The fourth-order valence-electron chi connectivity index (χ4n) is 2.71. The van der Waals surface area contributed by atoms with Crippen molar-refractivity contribution in [1.29, 1.82) is 0 Å². The van der Waals surface area contributed by atoms with Crippen molar-refractivity contribution in [3.63, 3.8) is 0 Å². The van der Waals surface area contributed by atoms with Crippen LogP contribution >= 0.6 is 0 Å². The van der Waals surface area contributed by atoms with Crippen molar-refractivity contribution in [2.24, 2.45) is 0 Å². The van der Waals surface area contributed by atoms with Crippen LogP contribution in [0.25, 0.3) is 0 Å². The molecule has 4 heteroatoms. The van der Waals surface area contributed by atoms with Gasteiger partial charge in [0.2, 0.25) is 5.91 Å². The molecule has 1 atom stereocenters. The van der Waals surface area contributed by atoms with E-state index in [0.29, 0.717) is 12.0 Å². The minimum absolute atomic E-state index is 0.0263. The number of likely N-dealkylation sites (N-methyl/N-ethyl adjacent to an activating group) is 1. The van der Waals surface area contributed by atoms with Crippen molar-refractivity contribution in [3.05, 3.63) is 64.5 Å². The number of aliphatic hydroxyl groups excluding tert-OH is 1. The van der Waals surface area contributed by atoms with Crippen LogP contribution in [0.5, 0.6) is 0 Å². The Morgan fingerprint density at radius 1 is 1.24 bits per heavy atom. The summed E-state index contributed by atoms with van der Waals surface area (Å²) in [5, 5.41) is 10.4. The molecule has 1 aliphatic heterocycles. The van der Waals surface area contributed by atoms with E-state index < -0.39 is 11.9 Å². The average molecular weight is 285 g/mol. The predicted octanol–water partition coefficient (Wildman–Crippen LogP) is 2.73. The molecule has 0 bridgehead atoms. The maximum Gasteiger partial charge on any atom is 0.231 e. The summed E-state index contributed by atoms with van der Waals surface area (Å²) in [6.45, 7) is 1.85. The third-order valence-electron chi connectivity index (χ3n) is 3.94. The van der Waals surface area contributed by atoms with E-state index in [0.717, 1.165) is 16.8 Å². The number of fused-ring (bicyclic) bond motifs is 1. The van der Waals surface area contributed by atoms with E-state index in [1.54, 1.807) is 42.3 Å². The number of carbonyl (C=O) groups excluding carboxylic acids is 1. The Morgan fingerprint density at radius 2 is 2.00 bits per heavy atom. The average Bonchev–Trinajstić information content (AvgIpc) is 2.75. The summed E-state index contributed by atoms with van der Waals surface area (Å²) in [5.74, 6) is -0.403. The van der Waals surface area contributed by atoms with Gasteiger partial charge in [0.15, 0.2) is 0 Å². The number of hydrogen-bond donors (Lipinski definition) is 1. The molecule has 0 saturated carbocycles. The number of nitrogens with zero attached hydrogens (tertiary/aromatic N) is 1. The van der Waals surface area contributed by atoms with Gasteiger partial charge in [-0.05, 0) is 30.2 Å².